The molecule has 4 aromatic rings. The monoisotopic (exact) mass is 483 g/mol. The molecule has 7 heteroatoms. The quantitative estimate of drug-likeness (QED) is 0.316. The van der Waals surface area contributed by atoms with E-state index in [1.54, 1.807) is 29.5 Å². The number of nitrogens with one attached hydrogen (secondary N) is 2. The number of carbonyl (C=O) groups excluding carboxylic acids is 2. The summed E-state index contributed by atoms with van der Waals surface area (Å²) < 4.78 is 6.79. The van der Waals surface area contributed by atoms with E-state index in [4.69, 9.17) is 9.72 Å². The molecule has 3 aromatic carbocycles. The van der Waals surface area contributed by atoms with Gasteiger partial charge in [-0.15, -0.1) is 11.3 Å². The second-order valence-electron chi connectivity index (χ2n) is 8.40. The number of amides is 2. The Bertz CT molecular complexity index is 1330. The largest absolute Gasteiger partial charge is 0.484 e. The summed E-state index contributed by atoms with van der Waals surface area (Å²) in [7, 11) is 0. The van der Waals surface area contributed by atoms with Crippen molar-refractivity contribution in [3.05, 3.63) is 96.0 Å². The highest BCUT2D eigenvalue weighted by Crippen LogP contribution is 2.39. The Kier molecular flexibility index (Phi) is 6.86. The predicted octanol–water partition coefficient (Wildman–Crippen LogP) is 6.00. The van der Waals surface area contributed by atoms with Gasteiger partial charge in [-0.3, -0.25) is 9.59 Å². The first-order valence-electron chi connectivity index (χ1n) is 11.5. The van der Waals surface area contributed by atoms with Crippen LogP contribution in [0, 0.1) is 5.92 Å². The van der Waals surface area contributed by atoms with Gasteiger partial charge in [0.25, 0.3) is 5.91 Å². The van der Waals surface area contributed by atoms with Gasteiger partial charge in [0.2, 0.25) is 5.91 Å². The third kappa shape index (κ3) is 5.58. The average Bonchev–Trinajstić information content (AvgIpc) is 3.33. The summed E-state index contributed by atoms with van der Waals surface area (Å²) in [5.74, 6) is 0.0495. The molecule has 0 fully saturated rings. The fraction of sp³-hybridized carbons (Fsp3) is 0.179. The van der Waals surface area contributed by atoms with Gasteiger partial charge in [-0.2, -0.15) is 0 Å². The number of carbonyl (C=O) groups is 2. The van der Waals surface area contributed by atoms with Gasteiger partial charge >= 0.3 is 0 Å². The smallest absolute Gasteiger partial charge is 0.262 e. The second kappa shape index (κ2) is 10.5. The Morgan fingerprint density at radius 3 is 2.51 bits per heavy atom. The lowest BCUT2D eigenvalue weighted by Crippen LogP contribution is -2.29. The van der Waals surface area contributed by atoms with Crippen molar-refractivity contribution in [1.29, 1.82) is 0 Å². The highest BCUT2D eigenvalue weighted by Gasteiger charge is 2.32. The van der Waals surface area contributed by atoms with Gasteiger partial charge in [0, 0.05) is 23.4 Å². The first kappa shape index (κ1) is 22.8. The van der Waals surface area contributed by atoms with Gasteiger partial charge in [0.1, 0.15) is 5.75 Å². The van der Waals surface area contributed by atoms with Crippen molar-refractivity contribution >= 4 is 44.7 Å². The van der Waals surface area contributed by atoms with Crippen molar-refractivity contribution in [3.8, 4) is 5.75 Å². The van der Waals surface area contributed by atoms with Crippen LogP contribution in [0.4, 0.5) is 11.4 Å². The third-order valence-corrected chi connectivity index (χ3v) is 7.09. The second-order valence-corrected chi connectivity index (χ2v) is 9.46. The number of allylic oxidation sites excluding steroid dienone is 2. The molecule has 1 heterocycles. The first-order valence-corrected chi connectivity index (χ1v) is 12.4. The minimum Gasteiger partial charge on any atom is -0.484 e. The van der Waals surface area contributed by atoms with Gasteiger partial charge in [0.05, 0.1) is 21.1 Å². The number of ether oxygens (including phenoxy) is 1. The number of para-hydroxylation sites is 2. The Morgan fingerprint density at radius 1 is 0.886 bits per heavy atom. The molecule has 0 spiro atoms. The Hall–Kier alpha value is -3.97. The number of thiazole rings is 1. The Labute approximate surface area is 207 Å². The average molecular weight is 484 g/mol. The standard InChI is InChI=1S/C28H25N3O3S/c32-26(29-19-9-2-1-3-10-19)18-34-21-12-8-11-20(17-21)30-27(33)22-13-4-5-14-23(22)28-31-24-15-6-7-16-25(24)35-28/h1-12,15-17,22-23H,13-14,18H2,(H,29,32)(H,30,33). The van der Waals surface area contributed by atoms with Gasteiger partial charge in [0.15, 0.2) is 6.61 Å². The molecule has 0 saturated carbocycles. The van der Waals surface area contributed by atoms with Crippen LogP contribution in [-0.4, -0.2) is 23.4 Å². The molecular formula is C28H25N3O3S. The first-order chi connectivity index (χ1) is 17.2. The van der Waals surface area contributed by atoms with Crippen molar-refractivity contribution in [2.45, 2.75) is 18.8 Å². The summed E-state index contributed by atoms with van der Waals surface area (Å²) in [6.07, 6.45) is 5.66. The van der Waals surface area contributed by atoms with Crippen molar-refractivity contribution in [1.82, 2.24) is 4.98 Å². The minimum absolute atomic E-state index is 0.0403. The molecule has 0 saturated heterocycles. The number of fused-ring (bicyclic) bond motifs is 1. The summed E-state index contributed by atoms with van der Waals surface area (Å²) in [5.41, 5.74) is 2.32. The lowest BCUT2D eigenvalue weighted by atomic mass is 9.82. The van der Waals surface area contributed by atoms with Crippen LogP contribution in [0.1, 0.15) is 23.8 Å². The van der Waals surface area contributed by atoms with Crippen LogP contribution < -0.4 is 15.4 Å². The van der Waals surface area contributed by atoms with E-state index in [9.17, 15) is 9.59 Å². The molecule has 0 bridgehead atoms. The van der Waals surface area contributed by atoms with Crippen molar-refractivity contribution in [2.24, 2.45) is 5.92 Å². The summed E-state index contributed by atoms with van der Waals surface area (Å²) in [6.45, 7) is -0.126. The van der Waals surface area contributed by atoms with Gasteiger partial charge in [-0.05, 0) is 49.2 Å². The summed E-state index contributed by atoms with van der Waals surface area (Å²) in [6, 6.07) is 24.4. The molecule has 1 aliphatic carbocycles. The molecule has 0 aliphatic heterocycles. The molecule has 0 radical (unpaired) electrons. The maximum Gasteiger partial charge on any atom is 0.262 e. The lowest BCUT2D eigenvalue weighted by molar-refractivity contribution is -0.120. The number of rotatable bonds is 7. The summed E-state index contributed by atoms with van der Waals surface area (Å²) in [4.78, 5) is 30.3. The maximum atomic E-state index is 13.3. The highest BCUT2D eigenvalue weighted by molar-refractivity contribution is 7.18. The number of aromatic nitrogens is 1. The lowest BCUT2D eigenvalue weighted by Gasteiger charge is -2.26. The summed E-state index contributed by atoms with van der Waals surface area (Å²) >= 11 is 1.66. The molecule has 6 nitrogen and oxygen atoms in total. The number of nitrogens with zero attached hydrogens (tertiary/aromatic N) is 1. The molecule has 2 amide bonds. The van der Waals surface area contributed by atoms with Crippen LogP contribution >= 0.6 is 11.3 Å². The Morgan fingerprint density at radius 2 is 1.66 bits per heavy atom. The zero-order valence-corrected chi connectivity index (χ0v) is 19.8. The molecule has 176 valence electrons. The van der Waals surface area contributed by atoms with Crippen LogP contribution in [0.15, 0.2) is 91.0 Å². The van der Waals surface area contributed by atoms with E-state index in [0.717, 1.165) is 21.6 Å². The molecule has 2 atom stereocenters. The van der Waals surface area contributed by atoms with E-state index in [0.29, 0.717) is 23.5 Å². The van der Waals surface area contributed by atoms with Crippen LogP contribution in [0.3, 0.4) is 0 Å². The third-order valence-electron chi connectivity index (χ3n) is 5.93. The molecule has 2 N–H and O–H groups in total. The van der Waals surface area contributed by atoms with Gasteiger partial charge < -0.3 is 15.4 Å². The molecule has 1 aliphatic rings. The molecule has 2 unspecified atom stereocenters. The molecule has 1 aromatic heterocycles. The number of hydrogen-bond donors (Lipinski definition) is 2. The van der Waals surface area contributed by atoms with E-state index < -0.39 is 0 Å². The Balaban J connectivity index is 1.23. The molecule has 5 rings (SSSR count). The topological polar surface area (TPSA) is 80.3 Å². The van der Waals surface area contributed by atoms with Crippen molar-refractivity contribution < 1.29 is 14.3 Å². The van der Waals surface area contributed by atoms with Gasteiger partial charge in [-0.1, -0.05) is 48.6 Å². The minimum atomic E-state index is -0.252. The maximum absolute atomic E-state index is 13.3. The zero-order chi connectivity index (χ0) is 24.0. The fourth-order valence-electron chi connectivity index (χ4n) is 4.19. The fourth-order valence-corrected chi connectivity index (χ4v) is 5.34. The zero-order valence-electron chi connectivity index (χ0n) is 19.0. The van der Waals surface area contributed by atoms with Crippen LogP contribution in [0.2, 0.25) is 0 Å². The van der Waals surface area contributed by atoms with Crippen molar-refractivity contribution in [3.63, 3.8) is 0 Å². The molecular weight excluding hydrogens is 458 g/mol. The predicted molar refractivity (Wildman–Crippen MR) is 140 cm³/mol. The van der Waals surface area contributed by atoms with Crippen LogP contribution in [-0.2, 0) is 9.59 Å². The van der Waals surface area contributed by atoms with E-state index in [2.05, 4.69) is 28.9 Å². The number of anilines is 2. The van der Waals surface area contributed by atoms with E-state index in [1.807, 2.05) is 54.6 Å². The number of benzene rings is 3. The normalized spacial score (nSPS) is 17.1. The van der Waals surface area contributed by atoms with E-state index >= 15 is 0 Å². The number of hydrogen-bond acceptors (Lipinski definition) is 5. The van der Waals surface area contributed by atoms with Crippen molar-refractivity contribution in [2.75, 3.05) is 17.2 Å². The molecule has 35 heavy (non-hydrogen) atoms. The van der Waals surface area contributed by atoms with E-state index in [-0.39, 0.29) is 30.3 Å². The SMILES string of the molecule is O=C(COc1cccc(NC(=O)C2CC=CCC2c2nc3ccccc3s2)c1)Nc1ccccc1. The highest BCUT2D eigenvalue weighted by atomic mass is 32.1. The van der Waals surface area contributed by atoms with Crippen LogP contribution in [0.25, 0.3) is 10.2 Å². The summed E-state index contributed by atoms with van der Waals surface area (Å²) in [5, 5.41) is 6.82. The van der Waals surface area contributed by atoms with Gasteiger partial charge in [-0.25, -0.2) is 4.98 Å². The van der Waals surface area contributed by atoms with Crippen LogP contribution in [0.5, 0.6) is 5.75 Å². The van der Waals surface area contributed by atoms with E-state index in [1.165, 1.54) is 0 Å².